The monoisotopic (exact) mass is 514 g/mol. The van der Waals surface area contributed by atoms with Gasteiger partial charge in [0.15, 0.2) is 0 Å². The second-order valence-corrected chi connectivity index (χ2v) is 8.27. The average Bonchev–Trinajstić information content (AvgIpc) is 3.48. The van der Waals surface area contributed by atoms with Crippen LogP contribution in [-0.2, 0) is 0 Å². The molecule has 1 amide bonds. The summed E-state index contributed by atoms with van der Waals surface area (Å²) in [7, 11) is 1.16. The number of carbonyl (C=O) groups excluding carboxylic acids is 1. The van der Waals surface area contributed by atoms with Crippen LogP contribution >= 0.6 is 0 Å². The summed E-state index contributed by atoms with van der Waals surface area (Å²) >= 11 is 0. The van der Waals surface area contributed by atoms with E-state index in [1.165, 1.54) is 12.3 Å². The molecular weight excluding hydrogens is 491 g/mol. The number of carbonyl (C=O) groups is 1. The molecule has 4 rings (SSSR count). The number of benzene rings is 1. The summed E-state index contributed by atoms with van der Waals surface area (Å²) < 4.78 is 75.3. The molecule has 1 fully saturated rings. The Morgan fingerprint density at radius 2 is 2.03 bits per heavy atom. The van der Waals surface area contributed by atoms with E-state index in [1.54, 1.807) is 15.9 Å². The van der Waals surface area contributed by atoms with Gasteiger partial charge in [0.2, 0.25) is 0 Å². The summed E-state index contributed by atoms with van der Waals surface area (Å²) in [6.45, 7) is -3.38. The van der Waals surface area contributed by atoms with Crippen molar-refractivity contribution < 1.29 is 41.3 Å². The van der Waals surface area contributed by atoms with Crippen molar-refractivity contribution in [2.75, 3.05) is 38.3 Å². The third-order valence-electron chi connectivity index (χ3n) is 5.88. The topological polar surface area (TPSA) is 88.3 Å². The number of hydrogen-bond donors (Lipinski definition) is 2. The van der Waals surface area contributed by atoms with Crippen molar-refractivity contribution in [3.63, 3.8) is 0 Å². The van der Waals surface area contributed by atoms with Crippen LogP contribution in [0.4, 0.5) is 27.6 Å². The number of alkyl halides is 5. The van der Waals surface area contributed by atoms with Gasteiger partial charge >= 0.3 is 12.8 Å². The van der Waals surface area contributed by atoms with Gasteiger partial charge in [0.1, 0.15) is 29.3 Å². The highest BCUT2D eigenvalue weighted by atomic mass is 19.4. The molecule has 1 aliphatic heterocycles. The van der Waals surface area contributed by atoms with Gasteiger partial charge in [-0.15, -0.1) is 0 Å². The standard InChI is InChI=1S/C23H23F5N4O4/c1-35-17-6-14(7-18(36-22(24)25)20(17)21(34)30-12-23(26,27)28)16-9-29-19-8-15(3-5-32(16)19)31-4-2-13(10-31)11-33/h3,5-9,13,22,33H,2,4,10-12H2,1H3,(H,30,34). The Morgan fingerprint density at radius 3 is 2.67 bits per heavy atom. The first-order valence-corrected chi connectivity index (χ1v) is 10.9. The number of fused-ring (bicyclic) bond motifs is 1. The zero-order valence-corrected chi connectivity index (χ0v) is 19.1. The number of methoxy groups -OCH3 is 1. The minimum Gasteiger partial charge on any atom is -0.496 e. The number of anilines is 1. The van der Waals surface area contributed by atoms with E-state index >= 15 is 0 Å². The molecule has 3 heterocycles. The third kappa shape index (κ3) is 5.45. The van der Waals surface area contributed by atoms with E-state index in [0.29, 0.717) is 17.9 Å². The molecule has 0 aliphatic carbocycles. The lowest BCUT2D eigenvalue weighted by molar-refractivity contribution is -0.123. The molecular formula is C23H23F5N4O4. The lowest BCUT2D eigenvalue weighted by Gasteiger charge is -2.19. The fourth-order valence-electron chi connectivity index (χ4n) is 4.18. The van der Waals surface area contributed by atoms with Crippen LogP contribution in [-0.4, -0.2) is 66.5 Å². The Kier molecular flexibility index (Phi) is 7.20. The predicted octanol–water partition coefficient (Wildman–Crippen LogP) is 3.72. The largest absolute Gasteiger partial charge is 0.496 e. The number of aliphatic hydroxyl groups excluding tert-OH is 1. The molecule has 1 saturated heterocycles. The van der Waals surface area contributed by atoms with E-state index in [9.17, 15) is 31.9 Å². The number of nitrogens with zero attached hydrogens (tertiary/aromatic N) is 3. The van der Waals surface area contributed by atoms with Gasteiger partial charge in [-0.25, -0.2) is 4.98 Å². The first-order chi connectivity index (χ1) is 17.1. The highest BCUT2D eigenvalue weighted by molar-refractivity contribution is 6.00. The molecule has 0 radical (unpaired) electrons. The highest BCUT2D eigenvalue weighted by Gasteiger charge is 2.30. The molecule has 1 aromatic carbocycles. The number of ether oxygens (including phenoxy) is 2. The van der Waals surface area contributed by atoms with E-state index < -0.39 is 36.6 Å². The zero-order chi connectivity index (χ0) is 26.0. The van der Waals surface area contributed by atoms with Crippen LogP contribution in [0.25, 0.3) is 16.9 Å². The number of halogens is 5. The van der Waals surface area contributed by atoms with Gasteiger partial charge < -0.3 is 24.8 Å². The van der Waals surface area contributed by atoms with E-state index in [0.717, 1.165) is 31.8 Å². The first kappa shape index (κ1) is 25.5. The SMILES string of the molecule is COc1cc(-c2cnc3cc(N4CCC(CO)C4)ccn23)cc(OC(F)F)c1C(=O)NCC(F)(F)F. The Bertz CT molecular complexity index is 1250. The second-order valence-electron chi connectivity index (χ2n) is 8.27. The fraction of sp³-hybridized carbons (Fsp3) is 0.391. The number of imidazole rings is 1. The maximum atomic E-state index is 13.1. The van der Waals surface area contributed by atoms with Crippen LogP contribution in [0, 0.1) is 5.92 Å². The molecule has 2 aromatic heterocycles. The van der Waals surface area contributed by atoms with Crippen LogP contribution in [0.2, 0.25) is 0 Å². The molecule has 3 aromatic rings. The Morgan fingerprint density at radius 1 is 1.28 bits per heavy atom. The maximum absolute atomic E-state index is 13.1. The van der Waals surface area contributed by atoms with E-state index in [-0.39, 0.29) is 23.8 Å². The number of rotatable bonds is 8. The van der Waals surface area contributed by atoms with Crippen LogP contribution in [0.1, 0.15) is 16.8 Å². The number of hydrogen-bond acceptors (Lipinski definition) is 6. The molecule has 1 atom stereocenters. The van der Waals surface area contributed by atoms with Gasteiger partial charge in [0.25, 0.3) is 5.91 Å². The van der Waals surface area contributed by atoms with Crippen LogP contribution in [0.3, 0.4) is 0 Å². The molecule has 8 nitrogen and oxygen atoms in total. The minimum absolute atomic E-state index is 0.112. The van der Waals surface area contributed by atoms with E-state index in [4.69, 9.17) is 4.74 Å². The van der Waals surface area contributed by atoms with Gasteiger partial charge in [0.05, 0.1) is 19.0 Å². The van der Waals surface area contributed by atoms with Crippen molar-refractivity contribution in [2.45, 2.75) is 19.2 Å². The van der Waals surface area contributed by atoms with Crippen molar-refractivity contribution in [2.24, 2.45) is 5.92 Å². The summed E-state index contributed by atoms with van der Waals surface area (Å²) in [6, 6.07) is 6.16. The molecule has 0 spiro atoms. The van der Waals surface area contributed by atoms with Crippen molar-refractivity contribution in [1.82, 2.24) is 14.7 Å². The predicted molar refractivity (Wildman–Crippen MR) is 120 cm³/mol. The van der Waals surface area contributed by atoms with Gasteiger partial charge in [-0.3, -0.25) is 9.20 Å². The summed E-state index contributed by atoms with van der Waals surface area (Å²) in [6.07, 6.45) is -0.597. The average molecular weight is 514 g/mol. The molecule has 13 heteroatoms. The van der Waals surface area contributed by atoms with Crippen molar-refractivity contribution in [3.8, 4) is 22.8 Å². The van der Waals surface area contributed by atoms with Gasteiger partial charge in [0, 0.05) is 49.1 Å². The number of aromatic nitrogens is 2. The van der Waals surface area contributed by atoms with Crippen LogP contribution in [0.15, 0.2) is 36.7 Å². The van der Waals surface area contributed by atoms with E-state index in [2.05, 4.69) is 14.6 Å². The fourth-order valence-corrected chi connectivity index (χ4v) is 4.18. The summed E-state index contributed by atoms with van der Waals surface area (Å²) in [4.78, 5) is 18.9. The Balaban J connectivity index is 1.71. The molecule has 36 heavy (non-hydrogen) atoms. The summed E-state index contributed by atoms with van der Waals surface area (Å²) in [5, 5.41) is 11.0. The number of amides is 1. The van der Waals surface area contributed by atoms with Crippen molar-refractivity contribution in [3.05, 3.63) is 42.2 Å². The second kappa shape index (κ2) is 10.2. The number of pyridine rings is 1. The lowest BCUT2D eigenvalue weighted by Crippen LogP contribution is -2.34. The molecule has 194 valence electrons. The highest BCUT2D eigenvalue weighted by Crippen LogP contribution is 2.37. The smallest absolute Gasteiger partial charge is 0.405 e. The number of aliphatic hydroxyl groups is 1. The van der Waals surface area contributed by atoms with E-state index in [1.807, 2.05) is 12.1 Å². The van der Waals surface area contributed by atoms with Crippen LogP contribution in [0.5, 0.6) is 11.5 Å². The van der Waals surface area contributed by atoms with Gasteiger partial charge in [-0.05, 0) is 24.6 Å². The Hall–Kier alpha value is -3.61. The number of nitrogens with one attached hydrogen (secondary N) is 1. The van der Waals surface area contributed by atoms with Crippen molar-refractivity contribution in [1.29, 1.82) is 0 Å². The third-order valence-corrected chi connectivity index (χ3v) is 5.88. The normalized spacial score (nSPS) is 16.1. The quantitative estimate of drug-likeness (QED) is 0.446. The molecule has 2 N–H and O–H groups in total. The molecule has 0 saturated carbocycles. The zero-order valence-electron chi connectivity index (χ0n) is 19.1. The molecule has 1 unspecified atom stereocenters. The Labute approximate surface area is 202 Å². The minimum atomic E-state index is -4.70. The lowest BCUT2D eigenvalue weighted by atomic mass is 10.1. The summed E-state index contributed by atoms with van der Waals surface area (Å²) in [5.74, 6) is -1.97. The summed E-state index contributed by atoms with van der Waals surface area (Å²) in [5.41, 5.74) is 1.61. The molecule has 0 bridgehead atoms. The van der Waals surface area contributed by atoms with Gasteiger partial charge in [-0.1, -0.05) is 0 Å². The van der Waals surface area contributed by atoms with Crippen LogP contribution < -0.4 is 19.7 Å². The van der Waals surface area contributed by atoms with Crippen molar-refractivity contribution >= 4 is 17.2 Å². The van der Waals surface area contributed by atoms with Gasteiger partial charge in [-0.2, -0.15) is 22.0 Å². The molecule has 1 aliphatic rings. The maximum Gasteiger partial charge on any atom is 0.405 e. The first-order valence-electron chi connectivity index (χ1n) is 10.9.